The molecule has 0 aliphatic carbocycles. The van der Waals surface area contributed by atoms with Crippen molar-refractivity contribution in [3.05, 3.63) is 87.8 Å². The van der Waals surface area contributed by atoms with Crippen molar-refractivity contribution in [3.63, 3.8) is 0 Å². The van der Waals surface area contributed by atoms with Crippen LogP contribution in [-0.4, -0.2) is 29.3 Å². The molecule has 184 valence electrons. The van der Waals surface area contributed by atoms with Gasteiger partial charge in [-0.25, -0.2) is 0 Å². The maximum Gasteiger partial charge on any atom is 0.270 e. The smallest absolute Gasteiger partial charge is 0.270 e. The number of nitrogens with zero attached hydrogens (tertiary/aromatic N) is 1. The van der Waals surface area contributed by atoms with Gasteiger partial charge >= 0.3 is 0 Å². The van der Waals surface area contributed by atoms with E-state index in [0.29, 0.717) is 43.5 Å². The third-order valence-corrected chi connectivity index (χ3v) is 6.93. The highest BCUT2D eigenvalue weighted by Gasteiger charge is 2.33. The van der Waals surface area contributed by atoms with Gasteiger partial charge in [-0.05, 0) is 68.0 Å². The van der Waals surface area contributed by atoms with Crippen LogP contribution < -0.4 is 19.7 Å². The van der Waals surface area contributed by atoms with Crippen LogP contribution >= 0.6 is 35.6 Å². The highest BCUT2D eigenvalue weighted by molar-refractivity contribution is 8.27. The number of carbonyl (C=O) groups excluding carboxylic acids is 2. The van der Waals surface area contributed by atoms with Crippen LogP contribution in [0, 0.1) is 6.92 Å². The van der Waals surface area contributed by atoms with Crippen LogP contribution in [0.2, 0.25) is 5.02 Å². The molecule has 1 aliphatic heterocycles. The highest BCUT2D eigenvalue weighted by Crippen LogP contribution is 2.37. The van der Waals surface area contributed by atoms with Gasteiger partial charge in [0.1, 0.15) is 11.5 Å². The third kappa shape index (κ3) is 6.07. The predicted octanol–water partition coefficient (Wildman–Crippen LogP) is 6.47. The second kappa shape index (κ2) is 11.6. The highest BCUT2D eigenvalue weighted by atomic mass is 35.5. The van der Waals surface area contributed by atoms with Gasteiger partial charge < -0.3 is 14.8 Å². The number of hydrogen-bond acceptors (Lipinski definition) is 6. The fourth-order valence-corrected chi connectivity index (χ4v) is 4.90. The first kappa shape index (κ1) is 25.8. The fraction of sp³-hybridized carbons (Fsp3) is 0.148. The Kier molecular flexibility index (Phi) is 8.30. The van der Waals surface area contributed by atoms with Crippen LogP contribution in [-0.2, 0) is 9.59 Å². The Labute approximate surface area is 224 Å². The van der Waals surface area contributed by atoms with E-state index in [9.17, 15) is 9.59 Å². The van der Waals surface area contributed by atoms with E-state index in [1.165, 1.54) is 16.7 Å². The van der Waals surface area contributed by atoms with Crippen LogP contribution in [0.5, 0.6) is 11.5 Å². The topological polar surface area (TPSA) is 67.9 Å². The van der Waals surface area contributed by atoms with Gasteiger partial charge in [0.05, 0.1) is 17.2 Å². The van der Waals surface area contributed by atoms with Gasteiger partial charge in [0.15, 0.2) is 10.9 Å². The summed E-state index contributed by atoms with van der Waals surface area (Å²) in [6.45, 7) is 4.16. The monoisotopic (exact) mass is 538 g/mol. The van der Waals surface area contributed by atoms with Crippen molar-refractivity contribution in [3.8, 4) is 11.5 Å². The molecule has 0 atom stereocenters. The molecule has 0 radical (unpaired) electrons. The number of carbonyl (C=O) groups is 2. The number of anilines is 2. The Morgan fingerprint density at radius 2 is 1.86 bits per heavy atom. The predicted molar refractivity (Wildman–Crippen MR) is 150 cm³/mol. The molecule has 36 heavy (non-hydrogen) atoms. The van der Waals surface area contributed by atoms with Crippen LogP contribution in [0.1, 0.15) is 18.1 Å². The number of hydrogen-bond donors (Lipinski definition) is 1. The molecule has 0 unspecified atom stereocenters. The Hall–Kier alpha value is -3.33. The van der Waals surface area contributed by atoms with E-state index >= 15 is 0 Å². The minimum atomic E-state index is -0.327. The zero-order valence-electron chi connectivity index (χ0n) is 19.6. The molecule has 3 aromatic rings. The minimum absolute atomic E-state index is 0.205. The Morgan fingerprint density at radius 3 is 2.58 bits per heavy atom. The maximum atomic E-state index is 13.2. The maximum absolute atomic E-state index is 13.2. The number of thiocarbonyl (C=S) groups is 1. The molecule has 0 spiro atoms. The van der Waals surface area contributed by atoms with Crippen molar-refractivity contribution < 1.29 is 19.1 Å². The number of thioether (sulfide) groups is 1. The molecule has 4 rings (SSSR count). The zero-order chi connectivity index (χ0) is 25.7. The van der Waals surface area contributed by atoms with Crippen molar-refractivity contribution in [2.24, 2.45) is 0 Å². The van der Waals surface area contributed by atoms with Gasteiger partial charge in [-0.3, -0.25) is 14.5 Å². The first-order valence-electron chi connectivity index (χ1n) is 11.1. The molecule has 0 saturated carbocycles. The van der Waals surface area contributed by atoms with Crippen molar-refractivity contribution in [2.75, 3.05) is 23.4 Å². The number of halogens is 1. The summed E-state index contributed by atoms with van der Waals surface area (Å²) in [5.74, 6) is 0.647. The molecule has 1 aliphatic rings. The van der Waals surface area contributed by atoms with Crippen molar-refractivity contribution >= 4 is 69.2 Å². The van der Waals surface area contributed by atoms with Gasteiger partial charge in [0.2, 0.25) is 0 Å². The molecule has 1 N–H and O–H groups in total. The van der Waals surface area contributed by atoms with E-state index in [4.69, 9.17) is 33.3 Å². The molecule has 1 saturated heterocycles. The Bertz CT molecular complexity index is 1340. The lowest BCUT2D eigenvalue weighted by molar-refractivity contribution is -0.118. The average Bonchev–Trinajstić information content (AvgIpc) is 3.14. The van der Waals surface area contributed by atoms with Crippen LogP contribution in [0.25, 0.3) is 6.08 Å². The normalized spacial score (nSPS) is 14.3. The lowest BCUT2D eigenvalue weighted by Gasteiger charge is -2.15. The largest absolute Gasteiger partial charge is 0.494 e. The number of benzene rings is 3. The molecular formula is C27H23ClN2O4S2. The summed E-state index contributed by atoms with van der Waals surface area (Å²) in [6.07, 6.45) is 1.72. The summed E-state index contributed by atoms with van der Waals surface area (Å²) < 4.78 is 11.7. The molecule has 0 bridgehead atoms. The number of amides is 2. The summed E-state index contributed by atoms with van der Waals surface area (Å²) in [7, 11) is 0. The van der Waals surface area contributed by atoms with Crippen LogP contribution in [0.15, 0.2) is 71.6 Å². The van der Waals surface area contributed by atoms with E-state index in [-0.39, 0.29) is 18.4 Å². The van der Waals surface area contributed by atoms with E-state index in [2.05, 4.69) is 5.32 Å². The fourth-order valence-electron chi connectivity index (χ4n) is 3.43. The molecule has 2 amide bonds. The van der Waals surface area contributed by atoms with Crippen LogP contribution in [0.3, 0.4) is 0 Å². The Morgan fingerprint density at radius 1 is 1.11 bits per heavy atom. The molecular weight excluding hydrogens is 516 g/mol. The lowest BCUT2D eigenvalue weighted by Crippen LogP contribution is -2.27. The first-order valence-corrected chi connectivity index (χ1v) is 12.7. The molecule has 1 heterocycles. The number of rotatable bonds is 8. The second-order valence-corrected chi connectivity index (χ2v) is 9.87. The van der Waals surface area contributed by atoms with Crippen LogP contribution in [0.4, 0.5) is 11.4 Å². The molecule has 0 aromatic heterocycles. The summed E-state index contributed by atoms with van der Waals surface area (Å²) >= 11 is 12.8. The van der Waals surface area contributed by atoms with E-state index in [0.717, 1.165) is 11.3 Å². The molecule has 6 nitrogen and oxygen atoms in total. The number of para-hydroxylation sites is 1. The van der Waals surface area contributed by atoms with Gasteiger partial charge in [-0.15, -0.1) is 0 Å². The van der Waals surface area contributed by atoms with E-state index in [1.807, 2.05) is 32.0 Å². The summed E-state index contributed by atoms with van der Waals surface area (Å²) in [6, 6.07) is 19.7. The van der Waals surface area contributed by atoms with Crippen molar-refractivity contribution in [1.29, 1.82) is 0 Å². The standard InChI is InChI=1S/C27H23ClN2O4S2/c1-3-33-21-12-10-20(11-13-21)30-26(32)24(36-27(30)35)14-18-6-4-5-7-23(18)34-16-25(31)29-19-9-8-17(2)22(28)15-19/h4-15H,3,16H2,1-2H3,(H,29,31)/b24-14-. The first-order chi connectivity index (χ1) is 17.4. The average molecular weight is 539 g/mol. The third-order valence-electron chi connectivity index (χ3n) is 5.22. The van der Waals surface area contributed by atoms with Gasteiger partial charge in [0, 0.05) is 16.3 Å². The van der Waals surface area contributed by atoms with Gasteiger partial charge in [-0.2, -0.15) is 0 Å². The minimum Gasteiger partial charge on any atom is -0.494 e. The summed E-state index contributed by atoms with van der Waals surface area (Å²) in [4.78, 5) is 27.5. The molecule has 9 heteroatoms. The van der Waals surface area contributed by atoms with Gasteiger partial charge in [0.25, 0.3) is 11.8 Å². The quantitative estimate of drug-likeness (QED) is 0.262. The van der Waals surface area contributed by atoms with Crippen molar-refractivity contribution in [2.45, 2.75) is 13.8 Å². The second-order valence-electron chi connectivity index (χ2n) is 7.78. The summed E-state index contributed by atoms with van der Waals surface area (Å²) in [5.41, 5.74) is 2.84. The summed E-state index contributed by atoms with van der Waals surface area (Å²) in [5, 5.41) is 3.34. The Balaban J connectivity index is 1.46. The number of aryl methyl sites for hydroxylation is 1. The number of ether oxygens (including phenoxy) is 2. The van der Waals surface area contributed by atoms with E-state index < -0.39 is 0 Å². The molecule has 1 fully saturated rings. The molecule has 3 aromatic carbocycles. The zero-order valence-corrected chi connectivity index (χ0v) is 22.0. The van der Waals surface area contributed by atoms with Gasteiger partial charge in [-0.1, -0.05) is 59.8 Å². The van der Waals surface area contributed by atoms with Crippen molar-refractivity contribution in [1.82, 2.24) is 0 Å². The van der Waals surface area contributed by atoms with E-state index in [1.54, 1.807) is 54.6 Å². The number of nitrogens with one attached hydrogen (secondary N) is 1. The lowest BCUT2D eigenvalue weighted by atomic mass is 10.2. The SMILES string of the molecule is CCOc1ccc(N2C(=O)/C(=C/c3ccccc3OCC(=O)Nc3ccc(C)c(Cl)c3)SC2=S)cc1.